The van der Waals surface area contributed by atoms with Crippen LogP contribution in [0.1, 0.15) is 20.3 Å². The van der Waals surface area contributed by atoms with E-state index in [1.54, 1.807) is 0 Å². The van der Waals surface area contributed by atoms with E-state index in [0.29, 0.717) is 0 Å². The van der Waals surface area contributed by atoms with Crippen molar-refractivity contribution in [3.63, 3.8) is 0 Å². The second kappa shape index (κ2) is 6.21. The van der Waals surface area contributed by atoms with Gasteiger partial charge in [-0.1, -0.05) is 0 Å². The van der Waals surface area contributed by atoms with Crippen molar-refractivity contribution in [2.24, 2.45) is 0 Å². The molecule has 0 amide bonds. The van der Waals surface area contributed by atoms with Gasteiger partial charge in [0.25, 0.3) is 0 Å². The summed E-state index contributed by atoms with van der Waals surface area (Å²) in [5, 5.41) is 0. The number of hydrogen-bond acceptors (Lipinski definition) is 3. The molecule has 0 spiro atoms. The number of carbonyl (C=O) groups excluding carboxylic acids is 2. The molecule has 0 radical (unpaired) electrons. The largest absolute Gasteiger partial charge is 1.00 e. The zero-order chi connectivity index (χ0) is 10.6. The van der Waals surface area contributed by atoms with Gasteiger partial charge in [-0.2, -0.15) is 13.2 Å². The number of hydrogen-bond donors (Lipinski definition) is 0. The summed E-state index contributed by atoms with van der Waals surface area (Å²) in [5.41, 5.74) is 0. The Balaban J connectivity index is 0. The van der Waals surface area contributed by atoms with Crippen LogP contribution in [0.3, 0.4) is 0 Å². The molecule has 0 aliphatic carbocycles. The van der Waals surface area contributed by atoms with Gasteiger partial charge in [-0.15, -0.1) is 0 Å². The minimum atomic E-state index is -4.96. The Kier molecular flexibility index (Phi) is 7.15. The van der Waals surface area contributed by atoms with Crippen LogP contribution in [-0.4, -0.2) is 24.0 Å². The number of rotatable bonds is 3. The van der Waals surface area contributed by atoms with Gasteiger partial charge in [-0.25, -0.2) is 0 Å². The number of alkyl halides is 3. The van der Waals surface area contributed by atoms with Crippen molar-refractivity contribution in [2.45, 2.75) is 32.5 Å². The number of ether oxygens (including phenoxy) is 1. The van der Waals surface area contributed by atoms with Crippen molar-refractivity contribution in [3.05, 3.63) is 0 Å². The van der Waals surface area contributed by atoms with Crippen molar-refractivity contribution in [2.75, 3.05) is 0 Å². The maximum atomic E-state index is 11.6. The van der Waals surface area contributed by atoms with E-state index in [1.807, 2.05) is 0 Å². The number of Topliss-reactive ketones (excluding diaryl/α,β-unsaturated/α-hetero) is 1. The Morgan fingerprint density at radius 3 is 2.00 bits per heavy atom. The molecule has 0 aliphatic heterocycles. The van der Waals surface area contributed by atoms with Gasteiger partial charge in [0.1, 0.15) is 6.42 Å². The van der Waals surface area contributed by atoms with E-state index in [1.165, 1.54) is 13.8 Å². The summed E-state index contributed by atoms with van der Waals surface area (Å²) in [4.78, 5) is 20.8. The van der Waals surface area contributed by atoms with E-state index < -0.39 is 30.5 Å². The molecule has 0 heterocycles. The first-order valence-corrected chi connectivity index (χ1v) is 3.53. The maximum absolute atomic E-state index is 11.6. The summed E-state index contributed by atoms with van der Waals surface area (Å²) < 4.78 is 39.1. The van der Waals surface area contributed by atoms with Crippen LogP contribution in [0.5, 0.6) is 0 Å². The molecule has 3 nitrogen and oxygen atoms in total. The number of esters is 1. The van der Waals surface area contributed by atoms with Crippen LogP contribution in [-0.2, 0) is 36.7 Å². The Hall–Kier alpha value is -0.330. The van der Waals surface area contributed by atoms with Gasteiger partial charge >= 0.3 is 34.5 Å². The number of ketones is 1. The second-order valence-corrected chi connectivity index (χ2v) is 2.64. The molecule has 0 saturated heterocycles. The molecule has 0 saturated carbocycles. The molecule has 0 bridgehead atoms. The van der Waals surface area contributed by atoms with E-state index in [9.17, 15) is 22.8 Å². The fourth-order valence-corrected chi connectivity index (χ4v) is 0.536. The van der Waals surface area contributed by atoms with Gasteiger partial charge in [0.2, 0.25) is 5.78 Å². The summed E-state index contributed by atoms with van der Waals surface area (Å²) in [6, 6.07) is 0. The molecule has 0 aliphatic rings. The van der Waals surface area contributed by atoms with E-state index in [-0.39, 0.29) is 22.4 Å². The van der Waals surface area contributed by atoms with Crippen molar-refractivity contribution in [1.82, 2.24) is 0 Å². The molecule has 0 N–H and O–H groups in total. The smallest absolute Gasteiger partial charge is 0.463 e. The van der Waals surface area contributed by atoms with Crippen molar-refractivity contribution >= 4 is 11.8 Å². The van der Waals surface area contributed by atoms with Gasteiger partial charge in [-0.05, 0) is 13.8 Å². The summed E-state index contributed by atoms with van der Waals surface area (Å²) in [5.74, 6) is -3.24. The number of halogens is 3. The molecule has 0 atom stereocenters. The summed E-state index contributed by atoms with van der Waals surface area (Å²) in [7, 11) is 0. The zero-order valence-electron chi connectivity index (χ0n) is 7.44. The van der Waals surface area contributed by atoms with Crippen LogP contribution < -0.4 is 0 Å². The summed E-state index contributed by atoms with van der Waals surface area (Å²) in [6.07, 6.45) is -6.73. The summed E-state index contributed by atoms with van der Waals surface area (Å²) in [6.45, 7) is 2.96. The first kappa shape index (κ1) is 16.1. The molecular formula is C7H9AgF3O3+. The molecule has 86 valence electrons. The predicted molar refractivity (Wildman–Crippen MR) is 36.9 cm³/mol. The first-order chi connectivity index (χ1) is 5.73. The average molecular weight is 306 g/mol. The van der Waals surface area contributed by atoms with Crippen LogP contribution in [0, 0.1) is 0 Å². The second-order valence-electron chi connectivity index (χ2n) is 2.64. The molecular weight excluding hydrogens is 297 g/mol. The topological polar surface area (TPSA) is 43.4 Å². The van der Waals surface area contributed by atoms with Gasteiger partial charge in [0, 0.05) is 0 Å². The van der Waals surface area contributed by atoms with Crippen molar-refractivity contribution in [3.8, 4) is 0 Å². The van der Waals surface area contributed by atoms with E-state index in [4.69, 9.17) is 0 Å². The molecule has 0 aromatic heterocycles. The van der Waals surface area contributed by atoms with Crippen LogP contribution in [0.2, 0.25) is 0 Å². The molecule has 7 heteroatoms. The van der Waals surface area contributed by atoms with E-state index in [0.717, 1.165) is 0 Å². The van der Waals surface area contributed by atoms with Crippen LogP contribution in [0.4, 0.5) is 13.2 Å². The Labute approximate surface area is 94.5 Å². The third-order valence-electron chi connectivity index (χ3n) is 0.988. The normalized spacial score (nSPS) is 10.7. The molecule has 0 rings (SSSR count). The fraction of sp³-hybridized carbons (Fsp3) is 0.714. The minimum absolute atomic E-state index is 0. The fourth-order valence-electron chi connectivity index (χ4n) is 0.536. The van der Waals surface area contributed by atoms with Crippen LogP contribution >= 0.6 is 0 Å². The maximum Gasteiger partial charge on any atom is 1.00 e. The van der Waals surface area contributed by atoms with Gasteiger partial charge in [0.15, 0.2) is 0 Å². The Bertz CT molecular complexity index is 213. The van der Waals surface area contributed by atoms with Crippen molar-refractivity contribution in [1.29, 1.82) is 0 Å². The third-order valence-corrected chi connectivity index (χ3v) is 0.988. The standard InChI is InChI=1S/C7H9F3O3.Ag/c1-4(2)13-6(12)3-5(11)7(8,9)10;/h4H,3H2,1-2H3;/q;+1. The average Bonchev–Trinajstić information content (AvgIpc) is 1.82. The van der Waals surface area contributed by atoms with Crippen molar-refractivity contribution < 1.29 is 49.9 Å². The molecule has 0 aromatic carbocycles. The Morgan fingerprint density at radius 2 is 1.71 bits per heavy atom. The molecule has 0 unspecified atom stereocenters. The minimum Gasteiger partial charge on any atom is -0.463 e. The van der Waals surface area contributed by atoms with Crippen LogP contribution in [0.15, 0.2) is 0 Å². The zero-order valence-corrected chi connectivity index (χ0v) is 8.93. The monoisotopic (exact) mass is 305 g/mol. The summed E-state index contributed by atoms with van der Waals surface area (Å²) >= 11 is 0. The van der Waals surface area contributed by atoms with E-state index >= 15 is 0 Å². The van der Waals surface area contributed by atoms with E-state index in [2.05, 4.69) is 4.74 Å². The van der Waals surface area contributed by atoms with Crippen LogP contribution in [0.25, 0.3) is 0 Å². The van der Waals surface area contributed by atoms with Gasteiger partial charge in [-0.3, -0.25) is 9.59 Å². The quantitative estimate of drug-likeness (QED) is 0.450. The van der Waals surface area contributed by atoms with Gasteiger partial charge < -0.3 is 4.74 Å². The third kappa shape index (κ3) is 7.11. The number of carbonyl (C=O) groups is 2. The SMILES string of the molecule is CC(C)OC(=O)CC(=O)C(F)(F)F.[Ag+]. The Morgan fingerprint density at radius 1 is 1.29 bits per heavy atom. The molecule has 0 fully saturated rings. The predicted octanol–water partition coefficient (Wildman–Crippen LogP) is 1.46. The first-order valence-electron chi connectivity index (χ1n) is 3.53. The molecule has 0 aromatic rings. The molecule has 14 heavy (non-hydrogen) atoms. The van der Waals surface area contributed by atoms with Gasteiger partial charge in [0.05, 0.1) is 6.10 Å².